The van der Waals surface area contributed by atoms with E-state index in [9.17, 15) is 0 Å². The average molecular weight is 343 g/mol. The van der Waals surface area contributed by atoms with Crippen molar-refractivity contribution in [2.45, 2.75) is 96.0 Å². The van der Waals surface area contributed by atoms with E-state index in [1.54, 1.807) is 5.56 Å². The predicted molar refractivity (Wildman–Crippen MR) is 107 cm³/mol. The summed E-state index contributed by atoms with van der Waals surface area (Å²) in [6, 6.07) is 9.64. The molecule has 25 heavy (non-hydrogen) atoms. The van der Waals surface area contributed by atoms with E-state index in [2.05, 4.69) is 31.2 Å². The fourth-order valence-electron chi connectivity index (χ4n) is 5.26. The Morgan fingerprint density at radius 2 is 1.40 bits per heavy atom. The highest BCUT2D eigenvalue weighted by molar-refractivity contribution is 5.26. The fourth-order valence-corrected chi connectivity index (χ4v) is 5.26. The summed E-state index contributed by atoms with van der Waals surface area (Å²) in [6.07, 6.45) is 16.9. The second-order valence-electron chi connectivity index (χ2n) is 8.58. The van der Waals surface area contributed by atoms with Gasteiger partial charge >= 0.3 is 0 Å². The van der Waals surface area contributed by atoms with Crippen LogP contribution in [0.4, 0.5) is 0 Å². The van der Waals surface area contributed by atoms with Crippen molar-refractivity contribution < 1.29 is 4.74 Å². The van der Waals surface area contributed by atoms with Crippen molar-refractivity contribution in [1.29, 1.82) is 0 Å². The van der Waals surface area contributed by atoms with Gasteiger partial charge in [0.05, 0.1) is 6.10 Å². The molecule has 0 amide bonds. The molecule has 0 heterocycles. The third kappa shape index (κ3) is 5.33. The number of rotatable bonds is 7. The lowest BCUT2D eigenvalue weighted by Crippen LogP contribution is -2.27. The van der Waals surface area contributed by atoms with E-state index in [0.717, 1.165) is 17.8 Å². The normalized spacial score (nSPS) is 30.3. The van der Waals surface area contributed by atoms with Gasteiger partial charge in [-0.3, -0.25) is 0 Å². The van der Waals surface area contributed by atoms with Gasteiger partial charge in [0.25, 0.3) is 0 Å². The van der Waals surface area contributed by atoms with Crippen LogP contribution in [0.5, 0.6) is 0 Å². The van der Waals surface area contributed by atoms with Gasteiger partial charge in [0.2, 0.25) is 0 Å². The Hall–Kier alpha value is -0.820. The minimum Gasteiger partial charge on any atom is -0.381 e. The van der Waals surface area contributed by atoms with Crippen LogP contribution in [0.1, 0.15) is 94.6 Å². The highest BCUT2D eigenvalue weighted by atomic mass is 16.5. The van der Waals surface area contributed by atoms with E-state index in [0.29, 0.717) is 6.10 Å². The molecule has 0 spiro atoms. The van der Waals surface area contributed by atoms with Crippen LogP contribution in [-0.4, -0.2) is 13.2 Å². The number of benzene rings is 1. The van der Waals surface area contributed by atoms with Crippen molar-refractivity contribution >= 4 is 0 Å². The van der Waals surface area contributed by atoms with Crippen LogP contribution in [0.15, 0.2) is 24.3 Å². The molecule has 0 unspecified atom stereocenters. The Labute approximate surface area is 155 Å². The van der Waals surface area contributed by atoms with E-state index >= 15 is 0 Å². The summed E-state index contributed by atoms with van der Waals surface area (Å²) in [4.78, 5) is 0. The zero-order valence-electron chi connectivity index (χ0n) is 16.5. The zero-order valence-corrected chi connectivity index (χ0v) is 16.5. The van der Waals surface area contributed by atoms with E-state index < -0.39 is 0 Å². The third-order valence-electron chi connectivity index (χ3n) is 7.01. The second-order valence-corrected chi connectivity index (χ2v) is 8.58. The van der Waals surface area contributed by atoms with Crippen LogP contribution < -0.4 is 0 Å². The van der Waals surface area contributed by atoms with Gasteiger partial charge in [-0.05, 0) is 93.1 Å². The summed E-state index contributed by atoms with van der Waals surface area (Å²) < 4.78 is 5.54. The first-order valence-corrected chi connectivity index (χ1v) is 10.9. The van der Waals surface area contributed by atoms with Gasteiger partial charge in [0.1, 0.15) is 0 Å². The van der Waals surface area contributed by atoms with Crippen molar-refractivity contribution in [1.82, 2.24) is 0 Å². The predicted octanol–water partition coefficient (Wildman–Crippen LogP) is 6.90. The number of hydrogen-bond donors (Lipinski definition) is 0. The highest BCUT2D eigenvalue weighted by Crippen LogP contribution is 2.43. The van der Waals surface area contributed by atoms with Crippen LogP contribution in [0.3, 0.4) is 0 Å². The molecule has 1 aromatic carbocycles. The molecule has 140 valence electrons. The standard InChI is InChI=1S/C24H38O/c1-3-4-5-6-19-7-9-20(10-8-19)21-11-13-22(14-12-21)23-15-17-24(25-2)18-16-23/h7-10,21-24H,3-6,11-18H2,1-2H3. The Kier molecular flexibility index (Phi) is 7.40. The molecule has 1 nitrogen and oxygen atoms in total. The fraction of sp³-hybridized carbons (Fsp3) is 0.750. The quantitative estimate of drug-likeness (QED) is 0.490. The Balaban J connectivity index is 1.44. The molecule has 1 heteroatoms. The van der Waals surface area contributed by atoms with Gasteiger partial charge in [-0.1, -0.05) is 44.0 Å². The van der Waals surface area contributed by atoms with Gasteiger partial charge in [-0.2, -0.15) is 0 Å². The molecule has 3 rings (SSSR count). The molecule has 0 aliphatic heterocycles. The van der Waals surface area contributed by atoms with Crippen molar-refractivity contribution in [2.24, 2.45) is 11.8 Å². The van der Waals surface area contributed by atoms with E-state index in [-0.39, 0.29) is 0 Å². The summed E-state index contributed by atoms with van der Waals surface area (Å²) in [7, 11) is 1.88. The number of aryl methyl sites for hydroxylation is 1. The zero-order chi connectivity index (χ0) is 17.5. The molecule has 1 aromatic rings. The first-order valence-electron chi connectivity index (χ1n) is 10.9. The summed E-state index contributed by atoms with van der Waals surface area (Å²) in [6.45, 7) is 2.28. The molecule has 2 aliphatic rings. The first-order chi connectivity index (χ1) is 12.3. The molecule has 0 saturated heterocycles. The third-order valence-corrected chi connectivity index (χ3v) is 7.01. The average Bonchev–Trinajstić information content (AvgIpc) is 2.69. The second kappa shape index (κ2) is 9.76. The lowest BCUT2D eigenvalue weighted by Gasteiger charge is -2.37. The SMILES string of the molecule is CCCCCc1ccc(C2CCC(C3CCC(OC)CC3)CC2)cc1. The van der Waals surface area contributed by atoms with Crippen molar-refractivity contribution in [3.05, 3.63) is 35.4 Å². The summed E-state index contributed by atoms with van der Waals surface area (Å²) in [5, 5.41) is 0. The summed E-state index contributed by atoms with van der Waals surface area (Å²) in [5.74, 6) is 2.78. The van der Waals surface area contributed by atoms with Crippen LogP contribution >= 0.6 is 0 Å². The Bertz CT molecular complexity index is 475. The molecular formula is C24H38O. The molecule has 2 saturated carbocycles. The smallest absolute Gasteiger partial charge is 0.0571 e. The van der Waals surface area contributed by atoms with Gasteiger partial charge in [-0.15, -0.1) is 0 Å². The number of unbranched alkanes of at least 4 members (excludes halogenated alkanes) is 2. The van der Waals surface area contributed by atoms with Gasteiger partial charge in [0.15, 0.2) is 0 Å². The number of hydrogen-bond acceptors (Lipinski definition) is 1. The van der Waals surface area contributed by atoms with E-state index in [1.165, 1.54) is 82.6 Å². The molecule has 2 aliphatic carbocycles. The highest BCUT2D eigenvalue weighted by Gasteiger charge is 2.31. The van der Waals surface area contributed by atoms with E-state index in [4.69, 9.17) is 4.74 Å². The van der Waals surface area contributed by atoms with Crippen molar-refractivity contribution in [3.8, 4) is 0 Å². The first kappa shape index (κ1) is 19.0. The van der Waals surface area contributed by atoms with Crippen LogP contribution in [-0.2, 0) is 11.2 Å². The molecule has 2 fully saturated rings. The molecule has 0 aromatic heterocycles. The van der Waals surface area contributed by atoms with Crippen LogP contribution in [0, 0.1) is 11.8 Å². The van der Waals surface area contributed by atoms with Crippen molar-refractivity contribution in [2.75, 3.05) is 7.11 Å². The Morgan fingerprint density at radius 3 is 1.96 bits per heavy atom. The van der Waals surface area contributed by atoms with Crippen molar-refractivity contribution in [3.63, 3.8) is 0 Å². The minimum absolute atomic E-state index is 0.545. The number of ether oxygens (including phenoxy) is 1. The maximum Gasteiger partial charge on any atom is 0.0571 e. The molecular weight excluding hydrogens is 304 g/mol. The maximum atomic E-state index is 5.54. The lowest BCUT2D eigenvalue weighted by atomic mass is 9.69. The summed E-state index contributed by atoms with van der Waals surface area (Å²) in [5.41, 5.74) is 3.13. The molecule has 0 N–H and O–H groups in total. The van der Waals surface area contributed by atoms with Crippen LogP contribution in [0.2, 0.25) is 0 Å². The Morgan fingerprint density at radius 1 is 0.800 bits per heavy atom. The maximum absolute atomic E-state index is 5.54. The van der Waals surface area contributed by atoms with Gasteiger partial charge in [-0.25, -0.2) is 0 Å². The van der Waals surface area contributed by atoms with E-state index in [1.807, 2.05) is 7.11 Å². The number of methoxy groups -OCH3 is 1. The topological polar surface area (TPSA) is 9.23 Å². The van der Waals surface area contributed by atoms with Gasteiger partial charge in [0, 0.05) is 7.11 Å². The molecule has 0 radical (unpaired) electrons. The minimum atomic E-state index is 0.545. The lowest BCUT2D eigenvalue weighted by molar-refractivity contribution is 0.0410. The van der Waals surface area contributed by atoms with Gasteiger partial charge < -0.3 is 4.74 Å². The molecule has 0 atom stereocenters. The van der Waals surface area contributed by atoms with Crippen LogP contribution in [0.25, 0.3) is 0 Å². The largest absolute Gasteiger partial charge is 0.381 e. The monoisotopic (exact) mass is 342 g/mol. The molecule has 0 bridgehead atoms. The summed E-state index contributed by atoms with van der Waals surface area (Å²) >= 11 is 0.